The predicted molar refractivity (Wildman–Crippen MR) is 86.5 cm³/mol. The maximum atomic E-state index is 9.67. The van der Waals surface area contributed by atoms with Crippen molar-refractivity contribution in [3.63, 3.8) is 0 Å². The molecule has 0 saturated heterocycles. The number of rotatable bonds is 2. The second-order valence-corrected chi connectivity index (χ2v) is 6.39. The molecule has 1 aliphatic heterocycles. The average molecular weight is 282 g/mol. The number of nitrogens with one attached hydrogen (secondary N) is 1. The van der Waals surface area contributed by atoms with Gasteiger partial charge in [0.05, 0.1) is 0 Å². The normalized spacial score (nSPS) is 17.1. The Hall–Kier alpha value is -2.00. The van der Waals surface area contributed by atoms with Crippen LogP contribution in [0.15, 0.2) is 48.5 Å². The fourth-order valence-electron chi connectivity index (χ4n) is 2.94. The quantitative estimate of drug-likeness (QED) is 0.887. The van der Waals surface area contributed by atoms with E-state index in [1.165, 1.54) is 11.3 Å². The zero-order valence-electron chi connectivity index (χ0n) is 12.6. The predicted octanol–water partition coefficient (Wildman–Crippen LogP) is 3.28. The van der Waals surface area contributed by atoms with Crippen LogP contribution in [0.5, 0.6) is 5.75 Å². The third-order valence-electron chi connectivity index (χ3n) is 3.96. The molecule has 1 aliphatic rings. The van der Waals surface area contributed by atoms with E-state index < -0.39 is 0 Å². The molecule has 3 heteroatoms. The van der Waals surface area contributed by atoms with Gasteiger partial charge in [-0.3, -0.25) is 0 Å². The van der Waals surface area contributed by atoms with Gasteiger partial charge in [0.25, 0.3) is 0 Å². The number of hydrogen-bond acceptors (Lipinski definition) is 3. The average Bonchev–Trinajstić information content (AvgIpc) is 2.56. The first-order chi connectivity index (χ1) is 10.0. The lowest BCUT2D eigenvalue weighted by atomic mass is 10.0. The molecule has 0 aliphatic carbocycles. The van der Waals surface area contributed by atoms with Crippen LogP contribution >= 0.6 is 0 Å². The molecule has 0 amide bonds. The van der Waals surface area contributed by atoms with Crippen molar-refractivity contribution < 1.29 is 5.11 Å². The Morgan fingerprint density at radius 1 is 1.14 bits per heavy atom. The van der Waals surface area contributed by atoms with Gasteiger partial charge < -0.3 is 15.3 Å². The molecule has 2 aromatic carbocycles. The Bertz CT molecular complexity index is 637. The summed E-state index contributed by atoms with van der Waals surface area (Å²) in [6.45, 7) is 7.08. The van der Waals surface area contributed by atoms with E-state index in [9.17, 15) is 5.11 Å². The monoisotopic (exact) mass is 282 g/mol. The van der Waals surface area contributed by atoms with E-state index in [0.29, 0.717) is 5.75 Å². The third-order valence-corrected chi connectivity index (χ3v) is 3.96. The van der Waals surface area contributed by atoms with Crippen molar-refractivity contribution in [2.24, 2.45) is 0 Å². The van der Waals surface area contributed by atoms with E-state index in [0.717, 1.165) is 25.2 Å². The zero-order valence-corrected chi connectivity index (χ0v) is 12.6. The summed E-state index contributed by atoms with van der Waals surface area (Å²) >= 11 is 0. The first-order valence-electron chi connectivity index (χ1n) is 7.39. The molecule has 0 saturated carbocycles. The molecule has 0 aromatic heterocycles. The van der Waals surface area contributed by atoms with Crippen LogP contribution < -0.4 is 10.2 Å². The van der Waals surface area contributed by atoms with E-state index in [1.807, 2.05) is 12.1 Å². The standard InChI is InChI=1S/C18H22N2O/c1-18(2)13-20(12-14-6-5-8-16(21)10-14)17-9-4-3-7-15(17)11-19-18/h3-10,19,21H,11-13H2,1-2H3. The number of phenolic OH excluding ortho intramolecular Hbond substituents is 1. The van der Waals surface area contributed by atoms with Gasteiger partial charge in [-0.05, 0) is 43.2 Å². The van der Waals surface area contributed by atoms with E-state index in [-0.39, 0.29) is 5.54 Å². The van der Waals surface area contributed by atoms with Crippen LogP contribution in [0.25, 0.3) is 0 Å². The summed E-state index contributed by atoms with van der Waals surface area (Å²) in [4.78, 5) is 2.39. The van der Waals surface area contributed by atoms with E-state index >= 15 is 0 Å². The van der Waals surface area contributed by atoms with Gasteiger partial charge in [0, 0.05) is 30.9 Å². The molecule has 21 heavy (non-hydrogen) atoms. The van der Waals surface area contributed by atoms with Crippen molar-refractivity contribution in [3.05, 3.63) is 59.7 Å². The summed E-state index contributed by atoms with van der Waals surface area (Å²) < 4.78 is 0. The Kier molecular flexibility index (Phi) is 3.60. The van der Waals surface area contributed by atoms with E-state index in [2.05, 4.69) is 54.4 Å². The summed E-state index contributed by atoms with van der Waals surface area (Å²) in [5, 5.41) is 13.3. The van der Waals surface area contributed by atoms with E-state index in [1.54, 1.807) is 6.07 Å². The number of anilines is 1. The van der Waals surface area contributed by atoms with Gasteiger partial charge in [0.1, 0.15) is 5.75 Å². The zero-order chi connectivity index (χ0) is 14.9. The van der Waals surface area contributed by atoms with Crippen molar-refractivity contribution >= 4 is 5.69 Å². The molecule has 1 heterocycles. The molecule has 3 nitrogen and oxygen atoms in total. The van der Waals surface area contributed by atoms with Gasteiger partial charge in [-0.25, -0.2) is 0 Å². The fourth-order valence-corrected chi connectivity index (χ4v) is 2.94. The molecule has 0 fully saturated rings. The number of hydrogen-bond donors (Lipinski definition) is 2. The SMILES string of the molecule is CC1(C)CN(Cc2cccc(O)c2)c2ccccc2CN1. The Labute approximate surface area is 126 Å². The van der Waals surface area contributed by atoms with Crippen LogP contribution in [0.3, 0.4) is 0 Å². The van der Waals surface area contributed by atoms with Gasteiger partial charge in [-0.2, -0.15) is 0 Å². The minimum atomic E-state index is 0.0514. The Morgan fingerprint density at radius 3 is 2.76 bits per heavy atom. The van der Waals surface area contributed by atoms with Crippen molar-refractivity contribution in [1.82, 2.24) is 5.32 Å². The molecular weight excluding hydrogens is 260 g/mol. The topological polar surface area (TPSA) is 35.5 Å². The van der Waals surface area contributed by atoms with Crippen LogP contribution in [0, 0.1) is 0 Å². The largest absolute Gasteiger partial charge is 0.508 e. The summed E-state index contributed by atoms with van der Waals surface area (Å²) in [6, 6.07) is 16.1. The number of benzene rings is 2. The minimum Gasteiger partial charge on any atom is -0.508 e. The summed E-state index contributed by atoms with van der Waals surface area (Å²) in [5.74, 6) is 0.327. The van der Waals surface area contributed by atoms with Crippen LogP contribution in [-0.2, 0) is 13.1 Å². The van der Waals surface area contributed by atoms with Crippen LogP contribution in [0.2, 0.25) is 0 Å². The lowest BCUT2D eigenvalue weighted by molar-refractivity contribution is 0.395. The number of para-hydroxylation sites is 1. The molecule has 3 rings (SSSR count). The molecule has 0 spiro atoms. The molecule has 0 unspecified atom stereocenters. The molecule has 2 aromatic rings. The number of nitrogens with zero attached hydrogens (tertiary/aromatic N) is 1. The number of fused-ring (bicyclic) bond motifs is 1. The highest BCUT2D eigenvalue weighted by molar-refractivity contribution is 5.55. The van der Waals surface area contributed by atoms with Crippen molar-refractivity contribution in [1.29, 1.82) is 0 Å². The highest BCUT2D eigenvalue weighted by Gasteiger charge is 2.26. The first kappa shape index (κ1) is 14.0. The van der Waals surface area contributed by atoms with Gasteiger partial charge in [-0.15, -0.1) is 0 Å². The van der Waals surface area contributed by atoms with Crippen LogP contribution in [-0.4, -0.2) is 17.2 Å². The second kappa shape index (κ2) is 5.41. The second-order valence-electron chi connectivity index (χ2n) is 6.39. The van der Waals surface area contributed by atoms with Crippen LogP contribution in [0.1, 0.15) is 25.0 Å². The maximum Gasteiger partial charge on any atom is 0.115 e. The molecule has 110 valence electrons. The van der Waals surface area contributed by atoms with Crippen LogP contribution in [0.4, 0.5) is 5.69 Å². The number of aromatic hydroxyl groups is 1. The smallest absolute Gasteiger partial charge is 0.115 e. The highest BCUT2D eigenvalue weighted by atomic mass is 16.3. The number of phenols is 1. The van der Waals surface area contributed by atoms with Crippen molar-refractivity contribution in [2.75, 3.05) is 11.4 Å². The summed E-state index contributed by atoms with van der Waals surface area (Å²) in [6.07, 6.45) is 0. The molecule has 0 atom stereocenters. The highest BCUT2D eigenvalue weighted by Crippen LogP contribution is 2.28. The fraction of sp³-hybridized carbons (Fsp3) is 0.333. The van der Waals surface area contributed by atoms with Crippen molar-refractivity contribution in [2.45, 2.75) is 32.5 Å². The third kappa shape index (κ3) is 3.19. The first-order valence-corrected chi connectivity index (χ1v) is 7.39. The minimum absolute atomic E-state index is 0.0514. The molecule has 0 bridgehead atoms. The molecular formula is C18H22N2O. The van der Waals surface area contributed by atoms with Gasteiger partial charge in [0.15, 0.2) is 0 Å². The lowest BCUT2D eigenvalue weighted by Gasteiger charge is -2.32. The lowest BCUT2D eigenvalue weighted by Crippen LogP contribution is -2.46. The maximum absolute atomic E-state index is 9.67. The van der Waals surface area contributed by atoms with E-state index in [4.69, 9.17) is 0 Å². The van der Waals surface area contributed by atoms with Gasteiger partial charge in [0.2, 0.25) is 0 Å². The Balaban J connectivity index is 1.94. The molecule has 2 N–H and O–H groups in total. The molecule has 0 radical (unpaired) electrons. The summed E-state index contributed by atoms with van der Waals surface area (Å²) in [7, 11) is 0. The van der Waals surface area contributed by atoms with Gasteiger partial charge >= 0.3 is 0 Å². The Morgan fingerprint density at radius 2 is 1.95 bits per heavy atom. The van der Waals surface area contributed by atoms with Gasteiger partial charge in [-0.1, -0.05) is 30.3 Å². The summed E-state index contributed by atoms with van der Waals surface area (Å²) in [5.41, 5.74) is 3.78. The van der Waals surface area contributed by atoms with Crippen molar-refractivity contribution in [3.8, 4) is 5.75 Å².